The lowest BCUT2D eigenvalue weighted by Crippen LogP contribution is -1.95. The van der Waals surface area contributed by atoms with Crippen LogP contribution in [0.3, 0.4) is 0 Å². The molecule has 0 unspecified atom stereocenters. The van der Waals surface area contributed by atoms with Gasteiger partial charge in [-0.15, -0.1) is 0 Å². The molecule has 0 amide bonds. The molecule has 1 rings (SSSR count). The van der Waals surface area contributed by atoms with E-state index in [9.17, 15) is 4.79 Å². The molecule has 0 fully saturated rings. The summed E-state index contributed by atoms with van der Waals surface area (Å²) in [5.41, 5.74) is 0.769. The van der Waals surface area contributed by atoms with E-state index in [0.29, 0.717) is 5.56 Å². The smallest absolute Gasteiger partial charge is 0.335 e. The van der Waals surface area contributed by atoms with E-state index in [1.54, 1.807) is 6.92 Å². The number of aromatic hydroxyl groups is 1. The van der Waals surface area contributed by atoms with Gasteiger partial charge in [0.15, 0.2) is 0 Å². The summed E-state index contributed by atoms with van der Waals surface area (Å²) in [6.45, 7) is 9.65. The molecule has 0 aliphatic carbocycles. The van der Waals surface area contributed by atoms with Crippen LogP contribution in [0, 0.1) is 6.92 Å². The highest BCUT2D eigenvalue weighted by Gasteiger charge is 2.03. The number of aromatic carboxylic acids is 1. The van der Waals surface area contributed by atoms with Crippen LogP contribution in [-0.2, 0) is 0 Å². The van der Waals surface area contributed by atoms with E-state index >= 15 is 0 Å². The summed E-state index contributed by atoms with van der Waals surface area (Å²) >= 11 is 0. The molecule has 3 heteroatoms. The van der Waals surface area contributed by atoms with Crippen LogP contribution in [0.1, 0.15) is 43.6 Å². The fourth-order valence-corrected chi connectivity index (χ4v) is 0.788. The number of phenols is 1. The van der Waals surface area contributed by atoms with Gasteiger partial charge in [-0.2, -0.15) is 0 Å². The minimum absolute atomic E-state index is 0.120. The number of rotatable bonds is 1. The maximum absolute atomic E-state index is 10.4. The topological polar surface area (TPSA) is 57.5 Å². The van der Waals surface area contributed by atoms with Crippen LogP contribution in [0.5, 0.6) is 5.75 Å². The molecular formula is C12H20O3. The molecule has 0 aromatic heterocycles. The number of carboxylic acids is 1. The second kappa shape index (κ2) is 9.06. The van der Waals surface area contributed by atoms with Crippen molar-refractivity contribution in [1.82, 2.24) is 0 Å². The van der Waals surface area contributed by atoms with Crippen molar-refractivity contribution in [2.75, 3.05) is 0 Å². The first-order valence-corrected chi connectivity index (χ1v) is 5.14. The quantitative estimate of drug-likeness (QED) is 0.749. The molecular weight excluding hydrogens is 192 g/mol. The fourth-order valence-electron chi connectivity index (χ4n) is 0.788. The lowest BCUT2D eigenvalue weighted by atomic mass is 10.1. The number of phenolic OH excluding ortho intramolecular Hbond substituents is 1. The summed E-state index contributed by atoms with van der Waals surface area (Å²) in [6, 6.07) is 4.17. The molecule has 0 heterocycles. The van der Waals surface area contributed by atoms with Crippen LogP contribution >= 0.6 is 0 Å². The van der Waals surface area contributed by atoms with Crippen molar-refractivity contribution in [1.29, 1.82) is 0 Å². The van der Waals surface area contributed by atoms with Gasteiger partial charge in [0.2, 0.25) is 0 Å². The van der Waals surface area contributed by atoms with Gasteiger partial charge >= 0.3 is 5.97 Å². The number of carbonyl (C=O) groups is 1. The van der Waals surface area contributed by atoms with Crippen LogP contribution in [0.15, 0.2) is 18.2 Å². The molecule has 1 aromatic carbocycles. The molecule has 0 atom stereocenters. The Bertz CT molecular complexity index is 293. The summed E-state index contributed by atoms with van der Waals surface area (Å²) in [7, 11) is 0. The van der Waals surface area contributed by atoms with Gasteiger partial charge in [0, 0.05) is 0 Å². The molecule has 0 aliphatic heterocycles. The average Bonchev–Trinajstić information content (AvgIpc) is 2.27. The molecule has 0 radical (unpaired) electrons. The van der Waals surface area contributed by atoms with Crippen molar-refractivity contribution in [3.05, 3.63) is 29.3 Å². The maximum Gasteiger partial charge on any atom is 0.335 e. The second-order valence-electron chi connectivity index (χ2n) is 2.31. The predicted octanol–water partition coefficient (Wildman–Crippen LogP) is 3.45. The zero-order valence-corrected chi connectivity index (χ0v) is 10.0. The van der Waals surface area contributed by atoms with Gasteiger partial charge in [-0.05, 0) is 30.7 Å². The van der Waals surface area contributed by atoms with E-state index in [-0.39, 0.29) is 11.3 Å². The predicted molar refractivity (Wildman–Crippen MR) is 62.5 cm³/mol. The molecule has 86 valence electrons. The molecule has 0 aliphatic rings. The van der Waals surface area contributed by atoms with Gasteiger partial charge in [-0.3, -0.25) is 0 Å². The number of benzene rings is 1. The third-order valence-corrected chi connectivity index (χ3v) is 1.44. The molecule has 2 N–H and O–H groups in total. The molecule has 0 saturated carbocycles. The van der Waals surface area contributed by atoms with Crippen molar-refractivity contribution in [3.8, 4) is 5.75 Å². The maximum atomic E-state index is 10.4. The number of aryl methyl sites for hydroxylation is 1. The Balaban J connectivity index is 0. The van der Waals surface area contributed by atoms with Crippen molar-refractivity contribution >= 4 is 5.97 Å². The number of hydrogen-bond acceptors (Lipinski definition) is 2. The standard InChI is InChI=1S/C8H8O3.2C2H6/c1-5-4-6(8(10)11)2-3-7(5)9;2*1-2/h2-4,9H,1H3,(H,10,11);2*1-2H3. The van der Waals surface area contributed by atoms with Crippen LogP contribution < -0.4 is 0 Å². The first kappa shape index (κ1) is 15.9. The summed E-state index contributed by atoms with van der Waals surface area (Å²) in [5, 5.41) is 17.6. The van der Waals surface area contributed by atoms with E-state index < -0.39 is 5.97 Å². The second-order valence-corrected chi connectivity index (χ2v) is 2.31. The third-order valence-electron chi connectivity index (χ3n) is 1.44. The SMILES string of the molecule is CC.CC.Cc1cc(C(=O)O)ccc1O. The van der Waals surface area contributed by atoms with Gasteiger partial charge in [-0.1, -0.05) is 27.7 Å². The highest BCUT2D eigenvalue weighted by molar-refractivity contribution is 5.88. The van der Waals surface area contributed by atoms with Gasteiger partial charge in [0.1, 0.15) is 5.75 Å². The Kier molecular flexibility index (Phi) is 9.63. The highest BCUT2D eigenvalue weighted by Crippen LogP contribution is 2.16. The van der Waals surface area contributed by atoms with Crippen LogP contribution in [0.25, 0.3) is 0 Å². The minimum Gasteiger partial charge on any atom is -0.508 e. The van der Waals surface area contributed by atoms with E-state index in [2.05, 4.69) is 0 Å². The summed E-state index contributed by atoms with van der Waals surface area (Å²) < 4.78 is 0. The lowest BCUT2D eigenvalue weighted by Gasteiger charge is -1.98. The summed E-state index contributed by atoms with van der Waals surface area (Å²) in [6.07, 6.45) is 0. The Morgan fingerprint density at radius 1 is 1.13 bits per heavy atom. The summed E-state index contributed by atoms with van der Waals surface area (Å²) in [4.78, 5) is 10.4. The molecule has 15 heavy (non-hydrogen) atoms. The Labute approximate surface area is 91.4 Å². The minimum atomic E-state index is -0.979. The lowest BCUT2D eigenvalue weighted by molar-refractivity contribution is 0.0697. The fraction of sp³-hybridized carbons (Fsp3) is 0.417. The first-order chi connectivity index (χ1) is 7.11. The zero-order valence-electron chi connectivity index (χ0n) is 10.0. The van der Waals surface area contributed by atoms with E-state index in [4.69, 9.17) is 10.2 Å². The van der Waals surface area contributed by atoms with Crippen LogP contribution in [0.4, 0.5) is 0 Å². The molecule has 1 aromatic rings. The van der Waals surface area contributed by atoms with Crippen molar-refractivity contribution in [3.63, 3.8) is 0 Å². The van der Waals surface area contributed by atoms with E-state index in [0.717, 1.165) is 0 Å². The molecule has 0 bridgehead atoms. The van der Waals surface area contributed by atoms with Crippen molar-refractivity contribution in [2.24, 2.45) is 0 Å². The molecule has 3 nitrogen and oxygen atoms in total. The third kappa shape index (κ3) is 5.73. The average molecular weight is 212 g/mol. The monoisotopic (exact) mass is 212 g/mol. The van der Waals surface area contributed by atoms with Crippen LogP contribution in [-0.4, -0.2) is 16.2 Å². The van der Waals surface area contributed by atoms with Crippen molar-refractivity contribution < 1.29 is 15.0 Å². The zero-order chi connectivity index (χ0) is 12.4. The van der Waals surface area contributed by atoms with Gasteiger partial charge in [0.05, 0.1) is 5.56 Å². The largest absolute Gasteiger partial charge is 0.508 e. The number of carboxylic acid groups (broad SMARTS) is 1. The Morgan fingerprint density at radius 2 is 1.60 bits per heavy atom. The molecule has 0 saturated heterocycles. The first-order valence-electron chi connectivity index (χ1n) is 5.14. The van der Waals surface area contributed by atoms with E-state index in [1.807, 2.05) is 27.7 Å². The van der Waals surface area contributed by atoms with Gasteiger partial charge < -0.3 is 10.2 Å². The van der Waals surface area contributed by atoms with Gasteiger partial charge in [0.25, 0.3) is 0 Å². The highest BCUT2D eigenvalue weighted by atomic mass is 16.4. The number of hydrogen-bond donors (Lipinski definition) is 2. The summed E-state index contributed by atoms with van der Waals surface area (Å²) in [5.74, 6) is -0.858. The van der Waals surface area contributed by atoms with Crippen molar-refractivity contribution in [2.45, 2.75) is 34.6 Å². The van der Waals surface area contributed by atoms with Gasteiger partial charge in [-0.25, -0.2) is 4.79 Å². The van der Waals surface area contributed by atoms with E-state index in [1.165, 1.54) is 18.2 Å². The Hall–Kier alpha value is -1.51. The molecule has 0 spiro atoms. The van der Waals surface area contributed by atoms with Crippen LogP contribution in [0.2, 0.25) is 0 Å². The Morgan fingerprint density at radius 3 is 1.93 bits per heavy atom. The normalized spacial score (nSPS) is 7.80.